The normalized spacial score (nSPS) is 17.1. The number of benzene rings is 1. The summed E-state index contributed by atoms with van der Waals surface area (Å²) in [6.07, 6.45) is 2.62. The van der Waals surface area contributed by atoms with E-state index in [2.05, 4.69) is 17.2 Å². The largest absolute Gasteiger partial charge is 0.395 e. The molecule has 1 unspecified atom stereocenters. The maximum Gasteiger partial charge on any atom is 0.252 e. The summed E-state index contributed by atoms with van der Waals surface area (Å²) in [5.74, 6) is 5.96. The van der Waals surface area contributed by atoms with Gasteiger partial charge in [-0.2, -0.15) is 11.8 Å². The first-order valence-corrected chi connectivity index (χ1v) is 8.04. The highest BCUT2D eigenvalue weighted by atomic mass is 32.2. The van der Waals surface area contributed by atoms with Gasteiger partial charge < -0.3 is 10.4 Å². The molecule has 5 heteroatoms. The molecule has 1 atom stereocenters. The molecule has 1 amide bonds. The molecule has 1 heterocycles. The van der Waals surface area contributed by atoms with E-state index in [0.717, 1.165) is 12.2 Å². The predicted octanol–water partition coefficient (Wildman–Crippen LogP) is 2.19. The fourth-order valence-electron chi connectivity index (χ4n) is 2.14. The molecule has 2 rings (SSSR count). The van der Waals surface area contributed by atoms with Crippen LogP contribution in [0.15, 0.2) is 18.2 Å². The Morgan fingerprint density at radius 3 is 3.10 bits per heavy atom. The van der Waals surface area contributed by atoms with Crippen LogP contribution in [-0.4, -0.2) is 35.2 Å². The van der Waals surface area contributed by atoms with Crippen molar-refractivity contribution in [2.45, 2.75) is 24.5 Å². The van der Waals surface area contributed by atoms with Crippen molar-refractivity contribution in [2.75, 3.05) is 18.9 Å². The van der Waals surface area contributed by atoms with Gasteiger partial charge in [0, 0.05) is 23.8 Å². The first-order chi connectivity index (χ1) is 10.2. The van der Waals surface area contributed by atoms with E-state index < -0.39 is 5.82 Å². The number of aliphatic hydroxyl groups excluding tert-OH is 1. The van der Waals surface area contributed by atoms with Crippen molar-refractivity contribution in [1.29, 1.82) is 0 Å². The average molecular weight is 307 g/mol. The second-order valence-corrected chi connectivity index (χ2v) is 6.22. The van der Waals surface area contributed by atoms with Crippen molar-refractivity contribution >= 4 is 17.7 Å². The van der Waals surface area contributed by atoms with E-state index in [-0.39, 0.29) is 12.5 Å². The van der Waals surface area contributed by atoms with Crippen molar-refractivity contribution < 1.29 is 14.3 Å². The van der Waals surface area contributed by atoms with Gasteiger partial charge in [0.25, 0.3) is 5.91 Å². The third-order valence-electron chi connectivity index (χ3n) is 3.20. The zero-order chi connectivity index (χ0) is 15.1. The third-order valence-corrected chi connectivity index (χ3v) is 4.60. The molecule has 0 aliphatic carbocycles. The molecule has 0 spiro atoms. The minimum absolute atomic E-state index is 0.0528. The van der Waals surface area contributed by atoms with Crippen LogP contribution in [0.3, 0.4) is 0 Å². The number of aliphatic hydroxyl groups is 1. The lowest BCUT2D eigenvalue weighted by Crippen LogP contribution is -2.30. The molecule has 1 aromatic carbocycles. The van der Waals surface area contributed by atoms with Crippen LogP contribution in [0.25, 0.3) is 0 Å². The Hall–Kier alpha value is -1.51. The molecule has 1 fully saturated rings. The third kappa shape index (κ3) is 4.76. The molecule has 0 radical (unpaired) electrons. The maximum atomic E-state index is 13.3. The van der Waals surface area contributed by atoms with Gasteiger partial charge in [-0.05, 0) is 36.8 Å². The number of hydrogen-bond acceptors (Lipinski definition) is 3. The number of carbonyl (C=O) groups is 1. The van der Waals surface area contributed by atoms with Gasteiger partial charge >= 0.3 is 0 Å². The molecule has 112 valence electrons. The summed E-state index contributed by atoms with van der Waals surface area (Å²) in [5.41, 5.74) is 0.741. The monoisotopic (exact) mass is 307 g/mol. The summed E-state index contributed by atoms with van der Waals surface area (Å²) in [5, 5.41) is 12.1. The number of halogens is 1. The van der Waals surface area contributed by atoms with Gasteiger partial charge in [-0.15, -0.1) is 0 Å². The average Bonchev–Trinajstić information content (AvgIpc) is 2.98. The predicted molar refractivity (Wildman–Crippen MR) is 82.8 cm³/mol. The molecule has 0 aromatic heterocycles. The van der Waals surface area contributed by atoms with E-state index in [9.17, 15) is 9.18 Å². The molecule has 2 N–H and O–H groups in total. The fourth-order valence-corrected chi connectivity index (χ4v) is 3.34. The molecule has 0 bridgehead atoms. The molecular formula is C16H18FNO2S. The van der Waals surface area contributed by atoms with E-state index in [4.69, 9.17) is 5.11 Å². The number of amides is 1. The lowest BCUT2D eigenvalue weighted by Gasteiger charge is -2.11. The van der Waals surface area contributed by atoms with E-state index in [1.165, 1.54) is 24.6 Å². The number of thioether (sulfide) groups is 1. The Morgan fingerprint density at radius 2 is 2.38 bits per heavy atom. The van der Waals surface area contributed by atoms with Gasteiger partial charge in [0.05, 0.1) is 12.2 Å². The second-order valence-electron chi connectivity index (χ2n) is 4.81. The van der Waals surface area contributed by atoms with Crippen LogP contribution in [0.5, 0.6) is 0 Å². The summed E-state index contributed by atoms with van der Waals surface area (Å²) in [6, 6.07) is 3.97. The standard InChI is InChI=1S/C16H18FNO2S/c17-13-6-7-15(12(10-13)4-1-2-8-19)16(20)18-11-14-5-3-9-21-14/h6-7,10,14,19H,2-3,5,8-9,11H2,(H,18,20). The molecule has 1 aliphatic rings. The van der Waals surface area contributed by atoms with Crippen LogP contribution >= 0.6 is 11.8 Å². The zero-order valence-electron chi connectivity index (χ0n) is 11.7. The number of carbonyl (C=O) groups excluding carboxylic acids is 1. The summed E-state index contributed by atoms with van der Waals surface area (Å²) in [7, 11) is 0. The summed E-state index contributed by atoms with van der Waals surface area (Å²) < 4.78 is 13.3. The fraction of sp³-hybridized carbons (Fsp3) is 0.438. The summed E-state index contributed by atoms with van der Waals surface area (Å²) >= 11 is 1.87. The highest BCUT2D eigenvalue weighted by Gasteiger charge is 2.17. The highest BCUT2D eigenvalue weighted by Crippen LogP contribution is 2.25. The highest BCUT2D eigenvalue weighted by molar-refractivity contribution is 8.00. The van der Waals surface area contributed by atoms with E-state index in [1.54, 1.807) is 0 Å². The van der Waals surface area contributed by atoms with Crippen molar-refractivity contribution in [1.82, 2.24) is 5.32 Å². The van der Waals surface area contributed by atoms with Crippen LogP contribution in [0.1, 0.15) is 35.2 Å². The van der Waals surface area contributed by atoms with Gasteiger partial charge in [-0.25, -0.2) is 4.39 Å². The van der Waals surface area contributed by atoms with Gasteiger partial charge in [0.1, 0.15) is 5.82 Å². The van der Waals surface area contributed by atoms with E-state index in [1.807, 2.05) is 11.8 Å². The molecule has 21 heavy (non-hydrogen) atoms. The van der Waals surface area contributed by atoms with Crippen LogP contribution in [0.2, 0.25) is 0 Å². The topological polar surface area (TPSA) is 49.3 Å². The lowest BCUT2D eigenvalue weighted by molar-refractivity contribution is 0.0953. The Bertz CT molecular complexity index is 559. The smallest absolute Gasteiger partial charge is 0.252 e. The zero-order valence-corrected chi connectivity index (χ0v) is 12.5. The number of nitrogens with one attached hydrogen (secondary N) is 1. The number of hydrogen-bond donors (Lipinski definition) is 2. The van der Waals surface area contributed by atoms with Crippen LogP contribution in [0.4, 0.5) is 4.39 Å². The lowest BCUT2D eigenvalue weighted by atomic mass is 10.1. The van der Waals surface area contributed by atoms with Crippen molar-refractivity contribution in [2.24, 2.45) is 0 Å². The number of rotatable bonds is 4. The summed E-state index contributed by atoms with van der Waals surface area (Å²) in [6.45, 7) is 0.577. The second kappa shape index (κ2) is 8.06. The van der Waals surface area contributed by atoms with E-state index >= 15 is 0 Å². The van der Waals surface area contributed by atoms with Crippen molar-refractivity contribution in [3.05, 3.63) is 35.1 Å². The first-order valence-electron chi connectivity index (χ1n) is 7.00. The quantitative estimate of drug-likeness (QED) is 0.838. The van der Waals surface area contributed by atoms with Gasteiger partial charge in [0.2, 0.25) is 0 Å². The maximum absolute atomic E-state index is 13.3. The van der Waals surface area contributed by atoms with Crippen LogP contribution < -0.4 is 5.32 Å². The van der Waals surface area contributed by atoms with Crippen molar-refractivity contribution in [3.63, 3.8) is 0 Å². The van der Waals surface area contributed by atoms with Crippen LogP contribution in [-0.2, 0) is 0 Å². The molecular weight excluding hydrogens is 289 g/mol. The Labute approximate surface area is 128 Å². The molecule has 0 saturated carbocycles. The van der Waals surface area contributed by atoms with Gasteiger partial charge in [0.15, 0.2) is 0 Å². The summed E-state index contributed by atoms with van der Waals surface area (Å²) in [4.78, 5) is 12.2. The minimum atomic E-state index is -0.425. The first kappa shape index (κ1) is 15.9. The Morgan fingerprint density at radius 1 is 1.52 bits per heavy atom. The van der Waals surface area contributed by atoms with Crippen LogP contribution in [0, 0.1) is 17.7 Å². The van der Waals surface area contributed by atoms with Gasteiger partial charge in [-0.3, -0.25) is 4.79 Å². The molecule has 3 nitrogen and oxygen atoms in total. The molecule has 1 aliphatic heterocycles. The van der Waals surface area contributed by atoms with E-state index in [0.29, 0.717) is 29.3 Å². The Balaban J connectivity index is 2.06. The molecule has 1 aromatic rings. The minimum Gasteiger partial charge on any atom is -0.395 e. The van der Waals surface area contributed by atoms with Gasteiger partial charge in [-0.1, -0.05) is 11.8 Å². The van der Waals surface area contributed by atoms with Crippen molar-refractivity contribution in [3.8, 4) is 11.8 Å². The Kier molecular flexibility index (Phi) is 6.09. The molecule has 1 saturated heterocycles. The SMILES string of the molecule is O=C(NCC1CCCS1)c1ccc(F)cc1C#CCCO.